The van der Waals surface area contributed by atoms with Gasteiger partial charge in [-0.2, -0.15) is 5.10 Å². The largest absolute Gasteiger partial charge is 0.573 e. The van der Waals surface area contributed by atoms with Crippen LogP contribution in [0.25, 0.3) is 5.82 Å². The van der Waals surface area contributed by atoms with Crippen LogP contribution in [0.3, 0.4) is 0 Å². The molecule has 3 rings (SSSR count). The topological polar surface area (TPSA) is 94.8 Å². The lowest BCUT2D eigenvalue weighted by Crippen LogP contribution is -2.20. The highest BCUT2D eigenvalue weighted by molar-refractivity contribution is 6.03. The molecule has 3 aromatic rings. The predicted octanol–water partition coefficient (Wildman–Crippen LogP) is 2.21. The number of aromatic nitrogens is 5. The molecule has 11 heteroatoms. The van der Waals surface area contributed by atoms with E-state index in [1.54, 1.807) is 0 Å². The Labute approximate surface area is 138 Å². The second-order valence-electron chi connectivity index (χ2n) is 4.61. The second-order valence-corrected chi connectivity index (χ2v) is 4.61. The number of rotatable bonds is 4. The van der Waals surface area contributed by atoms with Gasteiger partial charge < -0.3 is 10.1 Å². The maximum absolute atomic E-state index is 12.4. The van der Waals surface area contributed by atoms with Crippen molar-refractivity contribution in [3.63, 3.8) is 0 Å². The number of carbonyl (C=O) groups excluding carboxylic acids is 1. The van der Waals surface area contributed by atoms with Crippen molar-refractivity contribution in [1.82, 2.24) is 25.0 Å². The molecule has 0 aliphatic heterocycles. The van der Waals surface area contributed by atoms with Gasteiger partial charge in [-0.05, 0) is 24.3 Å². The molecule has 0 aliphatic carbocycles. The molecule has 0 radical (unpaired) electrons. The Hall–Kier alpha value is -3.50. The Balaban J connectivity index is 1.77. The van der Waals surface area contributed by atoms with Gasteiger partial charge in [0.25, 0.3) is 5.91 Å². The molecule has 0 saturated carbocycles. The van der Waals surface area contributed by atoms with E-state index in [-0.39, 0.29) is 11.4 Å². The van der Waals surface area contributed by atoms with Gasteiger partial charge in [-0.3, -0.25) is 4.79 Å². The standard InChI is InChI=1S/C14H9F3N6O2/c15-14(16,17)25-11-4-2-1-3-9(11)20-13(24)10-5-6-12(22-21-10)23-8-18-7-19-23/h1-8H,(H,20,24). The van der Waals surface area contributed by atoms with E-state index in [1.165, 1.54) is 47.7 Å². The first-order valence-electron chi connectivity index (χ1n) is 6.77. The average Bonchev–Trinajstić information content (AvgIpc) is 3.10. The number of hydrogen-bond acceptors (Lipinski definition) is 6. The van der Waals surface area contributed by atoms with Gasteiger partial charge in [0.2, 0.25) is 0 Å². The van der Waals surface area contributed by atoms with Crippen LogP contribution in [0.2, 0.25) is 0 Å². The van der Waals surface area contributed by atoms with Gasteiger partial charge in [0.15, 0.2) is 17.3 Å². The average molecular weight is 350 g/mol. The predicted molar refractivity (Wildman–Crippen MR) is 78.0 cm³/mol. The summed E-state index contributed by atoms with van der Waals surface area (Å²) in [6.45, 7) is 0. The summed E-state index contributed by atoms with van der Waals surface area (Å²) in [7, 11) is 0. The molecule has 8 nitrogen and oxygen atoms in total. The SMILES string of the molecule is O=C(Nc1ccccc1OC(F)(F)F)c1ccc(-n2cncn2)nn1. The van der Waals surface area contributed by atoms with E-state index in [9.17, 15) is 18.0 Å². The minimum Gasteiger partial charge on any atom is -0.404 e. The number of hydrogen-bond donors (Lipinski definition) is 1. The number of halogens is 3. The molecule has 0 unspecified atom stereocenters. The highest BCUT2D eigenvalue weighted by Gasteiger charge is 2.32. The van der Waals surface area contributed by atoms with Gasteiger partial charge in [0, 0.05) is 0 Å². The third-order valence-electron chi connectivity index (χ3n) is 2.90. The molecule has 0 fully saturated rings. The van der Waals surface area contributed by atoms with E-state index in [0.717, 1.165) is 6.07 Å². The monoisotopic (exact) mass is 350 g/mol. The molecule has 128 valence electrons. The number of benzene rings is 1. The Morgan fingerprint density at radius 1 is 1.12 bits per heavy atom. The Morgan fingerprint density at radius 3 is 2.56 bits per heavy atom. The Kier molecular flexibility index (Phi) is 4.29. The lowest BCUT2D eigenvalue weighted by atomic mass is 10.2. The van der Waals surface area contributed by atoms with Crippen molar-refractivity contribution in [2.45, 2.75) is 6.36 Å². The quantitative estimate of drug-likeness (QED) is 0.775. The van der Waals surface area contributed by atoms with Crippen LogP contribution in [0.5, 0.6) is 5.75 Å². The second kappa shape index (κ2) is 6.55. The third-order valence-corrected chi connectivity index (χ3v) is 2.90. The molecule has 1 N–H and O–H groups in total. The molecule has 0 spiro atoms. The van der Waals surface area contributed by atoms with Crippen molar-refractivity contribution in [1.29, 1.82) is 0 Å². The number of amides is 1. The van der Waals surface area contributed by atoms with Gasteiger partial charge >= 0.3 is 6.36 Å². The summed E-state index contributed by atoms with van der Waals surface area (Å²) in [6.07, 6.45) is -2.17. The van der Waals surface area contributed by atoms with Crippen molar-refractivity contribution in [2.75, 3.05) is 5.32 Å². The number of alkyl halides is 3. The van der Waals surface area contributed by atoms with E-state index in [0.29, 0.717) is 5.82 Å². The van der Waals surface area contributed by atoms with Crippen LogP contribution in [-0.2, 0) is 0 Å². The van der Waals surface area contributed by atoms with Crippen molar-refractivity contribution in [3.05, 3.63) is 54.7 Å². The minimum atomic E-state index is -4.87. The van der Waals surface area contributed by atoms with Crippen LogP contribution in [0.15, 0.2) is 49.1 Å². The molecule has 25 heavy (non-hydrogen) atoms. The van der Waals surface area contributed by atoms with Crippen LogP contribution >= 0.6 is 0 Å². The number of anilines is 1. The molecule has 1 aromatic carbocycles. The molecule has 0 bridgehead atoms. The fourth-order valence-corrected chi connectivity index (χ4v) is 1.86. The summed E-state index contributed by atoms with van der Waals surface area (Å²) in [5.41, 5.74) is -0.238. The number of ether oxygens (including phenoxy) is 1. The molecule has 0 aliphatic rings. The lowest BCUT2D eigenvalue weighted by Gasteiger charge is -2.13. The van der Waals surface area contributed by atoms with Gasteiger partial charge in [-0.15, -0.1) is 23.4 Å². The molecule has 0 saturated heterocycles. The summed E-state index contributed by atoms with van der Waals surface area (Å²) in [4.78, 5) is 15.9. The summed E-state index contributed by atoms with van der Waals surface area (Å²) >= 11 is 0. The molecular weight excluding hydrogens is 341 g/mol. The first-order chi connectivity index (χ1) is 11.9. The van der Waals surface area contributed by atoms with Crippen LogP contribution in [0, 0.1) is 0 Å². The van der Waals surface area contributed by atoms with Gasteiger partial charge in [-0.1, -0.05) is 12.1 Å². The maximum atomic E-state index is 12.4. The molecule has 2 aromatic heterocycles. The van der Waals surface area contributed by atoms with Gasteiger partial charge in [-0.25, -0.2) is 9.67 Å². The van der Waals surface area contributed by atoms with Gasteiger partial charge in [0.05, 0.1) is 5.69 Å². The minimum absolute atomic E-state index is 0.0920. The molecule has 1 amide bonds. The molecule has 2 heterocycles. The zero-order valence-corrected chi connectivity index (χ0v) is 12.3. The zero-order chi connectivity index (χ0) is 17.9. The zero-order valence-electron chi connectivity index (χ0n) is 12.3. The van der Waals surface area contributed by atoms with E-state index in [4.69, 9.17) is 0 Å². The normalized spacial score (nSPS) is 11.2. The summed E-state index contributed by atoms with van der Waals surface area (Å²) in [5, 5.41) is 13.7. The van der Waals surface area contributed by atoms with Crippen molar-refractivity contribution < 1.29 is 22.7 Å². The first-order valence-corrected chi connectivity index (χ1v) is 6.77. The summed E-state index contributed by atoms with van der Waals surface area (Å²) < 4.78 is 42.4. The number of nitrogens with zero attached hydrogens (tertiary/aromatic N) is 5. The highest BCUT2D eigenvalue weighted by Crippen LogP contribution is 2.30. The van der Waals surface area contributed by atoms with Crippen LogP contribution in [0.4, 0.5) is 18.9 Å². The smallest absolute Gasteiger partial charge is 0.404 e. The molecule has 0 atom stereocenters. The fourth-order valence-electron chi connectivity index (χ4n) is 1.86. The fraction of sp³-hybridized carbons (Fsp3) is 0.0714. The van der Waals surface area contributed by atoms with Crippen LogP contribution in [0.1, 0.15) is 10.5 Å². The summed E-state index contributed by atoms with van der Waals surface area (Å²) in [6, 6.07) is 7.99. The van der Waals surface area contributed by atoms with E-state index in [1.807, 2.05) is 0 Å². The Bertz CT molecular complexity index is 865. The number of nitrogens with one attached hydrogen (secondary N) is 1. The first kappa shape index (κ1) is 16.4. The third kappa shape index (κ3) is 4.07. The van der Waals surface area contributed by atoms with Crippen molar-refractivity contribution in [3.8, 4) is 11.6 Å². The van der Waals surface area contributed by atoms with E-state index >= 15 is 0 Å². The lowest BCUT2D eigenvalue weighted by molar-refractivity contribution is -0.274. The van der Waals surface area contributed by atoms with Crippen molar-refractivity contribution >= 4 is 11.6 Å². The van der Waals surface area contributed by atoms with Crippen molar-refractivity contribution in [2.24, 2.45) is 0 Å². The van der Waals surface area contributed by atoms with Gasteiger partial charge in [0.1, 0.15) is 12.7 Å². The highest BCUT2D eigenvalue weighted by atomic mass is 19.4. The Morgan fingerprint density at radius 2 is 1.92 bits per heavy atom. The van der Waals surface area contributed by atoms with E-state index in [2.05, 4.69) is 30.3 Å². The van der Waals surface area contributed by atoms with Crippen LogP contribution in [-0.4, -0.2) is 37.2 Å². The molecular formula is C14H9F3N6O2. The van der Waals surface area contributed by atoms with E-state index < -0.39 is 18.0 Å². The summed E-state index contributed by atoms with van der Waals surface area (Å²) in [5.74, 6) is -0.943. The maximum Gasteiger partial charge on any atom is 0.573 e. The van der Waals surface area contributed by atoms with Crippen LogP contribution < -0.4 is 10.1 Å². The number of carbonyl (C=O) groups is 1. The number of para-hydroxylation sites is 2.